The van der Waals surface area contributed by atoms with Crippen LogP contribution in [-0.2, 0) is 0 Å². The predicted octanol–water partition coefficient (Wildman–Crippen LogP) is 1.67. The van der Waals surface area contributed by atoms with Crippen LogP contribution >= 0.6 is 0 Å². The van der Waals surface area contributed by atoms with E-state index in [2.05, 4.69) is 10.3 Å². The van der Waals surface area contributed by atoms with Crippen LogP contribution in [0.25, 0.3) is 0 Å². The van der Waals surface area contributed by atoms with E-state index in [0.29, 0.717) is 11.4 Å². The molecule has 1 aromatic heterocycles. The molecule has 4 N–H and O–H groups in total. The Balaban J connectivity index is 2.18. The average Bonchev–Trinajstić information content (AvgIpc) is 2.81. The molecule has 0 radical (unpaired) electrons. The largest absolute Gasteiger partial charge is 0.507 e. The van der Waals surface area contributed by atoms with Gasteiger partial charge in [-0.15, -0.1) is 0 Å². The number of hydrogen-bond acceptors (Lipinski definition) is 3. The summed E-state index contributed by atoms with van der Waals surface area (Å²) in [5.74, 6) is -2.00. The van der Waals surface area contributed by atoms with Crippen molar-refractivity contribution in [3.05, 3.63) is 47.8 Å². The molecule has 6 heteroatoms. The Hall–Kier alpha value is -2.76. The van der Waals surface area contributed by atoms with Crippen molar-refractivity contribution in [2.45, 2.75) is 0 Å². The molecular formula is C12H10N2O4. The Morgan fingerprint density at radius 3 is 2.56 bits per heavy atom. The number of aromatic amines is 1. The molecule has 92 valence electrons. The van der Waals surface area contributed by atoms with Crippen LogP contribution in [0, 0.1) is 0 Å². The lowest BCUT2D eigenvalue weighted by molar-refractivity contribution is 0.0693. The van der Waals surface area contributed by atoms with Crippen LogP contribution in [0.4, 0.5) is 5.69 Å². The Bertz CT molecular complexity index is 590. The summed E-state index contributed by atoms with van der Waals surface area (Å²) in [6.07, 6.45) is 1.61. The molecule has 0 unspecified atom stereocenters. The van der Waals surface area contributed by atoms with Crippen molar-refractivity contribution in [1.29, 1.82) is 0 Å². The molecule has 0 aliphatic carbocycles. The second kappa shape index (κ2) is 4.62. The van der Waals surface area contributed by atoms with Crippen LogP contribution in [0.2, 0.25) is 0 Å². The number of carboxylic acid groups (broad SMARTS) is 1. The van der Waals surface area contributed by atoms with Crippen molar-refractivity contribution in [2.75, 3.05) is 5.32 Å². The van der Waals surface area contributed by atoms with Crippen LogP contribution in [0.1, 0.15) is 20.8 Å². The summed E-state index contributed by atoms with van der Waals surface area (Å²) in [4.78, 5) is 25.1. The van der Waals surface area contributed by atoms with Gasteiger partial charge in [-0.25, -0.2) is 4.79 Å². The molecule has 0 saturated carbocycles. The van der Waals surface area contributed by atoms with Crippen LogP contribution in [-0.4, -0.2) is 27.1 Å². The zero-order valence-electron chi connectivity index (χ0n) is 9.18. The van der Waals surface area contributed by atoms with Gasteiger partial charge in [0.1, 0.15) is 17.0 Å². The molecule has 0 aliphatic rings. The number of nitrogens with one attached hydrogen (secondary N) is 2. The smallest absolute Gasteiger partial charge is 0.339 e. The zero-order chi connectivity index (χ0) is 13.1. The lowest BCUT2D eigenvalue weighted by atomic mass is 10.2. The van der Waals surface area contributed by atoms with Gasteiger partial charge in [-0.3, -0.25) is 4.79 Å². The summed E-state index contributed by atoms with van der Waals surface area (Å²) >= 11 is 0. The van der Waals surface area contributed by atoms with Gasteiger partial charge in [-0.05, 0) is 24.3 Å². The molecule has 1 aromatic carbocycles. The predicted molar refractivity (Wildman–Crippen MR) is 63.8 cm³/mol. The van der Waals surface area contributed by atoms with E-state index in [9.17, 15) is 14.7 Å². The first kappa shape index (κ1) is 11.7. The van der Waals surface area contributed by atoms with Gasteiger partial charge in [-0.1, -0.05) is 0 Å². The van der Waals surface area contributed by atoms with Crippen molar-refractivity contribution >= 4 is 17.6 Å². The van der Waals surface area contributed by atoms with Gasteiger partial charge in [0.05, 0.1) is 0 Å². The highest BCUT2D eigenvalue weighted by Gasteiger charge is 2.11. The second-order valence-electron chi connectivity index (χ2n) is 3.58. The number of H-pyrrole nitrogens is 1. The SMILES string of the molecule is O=C(Nc1ccc(C(=O)O)c(O)c1)c1ccc[nH]1. The van der Waals surface area contributed by atoms with Gasteiger partial charge in [0.25, 0.3) is 5.91 Å². The molecule has 1 heterocycles. The minimum atomic E-state index is -1.23. The van der Waals surface area contributed by atoms with E-state index in [1.54, 1.807) is 18.3 Å². The average molecular weight is 246 g/mol. The van der Waals surface area contributed by atoms with E-state index in [1.807, 2.05) is 0 Å². The second-order valence-corrected chi connectivity index (χ2v) is 3.58. The van der Waals surface area contributed by atoms with Gasteiger partial charge >= 0.3 is 5.97 Å². The number of rotatable bonds is 3. The van der Waals surface area contributed by atoms with Gasteiger partial charge in [-0.2, -0.15) is 0 Å². The topological polar surface area (TPSA) is 102 Å². The summed E-state index contributed by atoms with van der Waals surface area (Å²) in [7, 11) is 0. The maximum Gasteiger partial charge on any atom is 0.339 e. The fraction of sp³-hybridized carbons (Fsp3) is 0. The highest BCUT2D eigenvalue weighted by atomic mass is 16.4. The van der Waals surface area contributed by atoms with Gasteiger partial charge in [0, 0.05) is 18.0 Å². The van der Waals surface area contributed by atoms with Gasteiger partial charge < -0.3 is 20.5 Å². The molecule has 2 rings (SSSR count). The number of anilines is 1. The first-order valence-corrected chi connectivity index (χ1v) is 5.09. The molecule has 1 amide bonds. The number of aromatic nitrogens is 1. The maximum atomic E-state index is 11.7. The molecule has 0 bridgehead atoms. The lowest BCUT2D eigenvalue weighted by Crippen LogP contribution is -2.12. The molecule has 0 saturated heterocycles. The fourth-order valence-electron chi connectivity index (χ4n) is 1.46. The van der Waals surface area contributed by atoms with E-state index < -0.39 is 11.7 Å². The maximum absolute atomic E-state index is 11.7. The Morgan fingerprint density at radius 2 is 2.00 bits per heavy atom. The minimum absolute atomic E-state index is 0.215. The van der Waals surface area contributed by atoms with Crippen molar-refractivity contribution in [3.63, 3.8) is 0 Å². The number of amides is 1. The van der Waals surface area contributed by atoms with Crippen molar-refractivity contribution in [3.8, 4) is 5.75 Å². The van der Waals surface area contributed by atoms with E-state index in [4.69, 9.17) is 5.11 Å². The number of phenols is 1. The third kappa shape index (κ3) is 2.32. The molecule has 0 spiro atoms. The molecule has 18 heavy (non-hydrogen) atoms. The molecule has 0 aliphatic heterocycles. The van der Waals surface area contributed by atoms with Crippen molar-refractivity contribution in [2.24, 2.45) is 0 Å². The molecule has 0 atom stereocenters. The highest BCUT2D eigenvalue weighted by molar-refractivity contribution is 6.03. The number of aromatic hydroxyl groups is 1. The highest BCUT2D eigenvalue weighted by Crippen LogP contribution is 2.22. The summed E-state index contributed by atoms with van der Waals surface area (Å²) in [6.45, 7) is 0. The third-order valence-corrected chi connectivity index (χ3v) is 2.33. The first-order valence-electron chi connectivity index (χ1n) is 5.09. The lowest BCUT2D eigenvalue weighted by Gasteiger charge is -2.06. The Morgan fingerprint density at radius 1 is 1.22 bits per heavy atom. The summed E-state index contributed by atoms with van der Waals surface area (Å²) in [5, 5.41) is 20.7. The molecule has 2 aromatic rings. The molecule has 6 nitrogen and oxygen atoms in total. The minimum Gasteiger partial charge on any atom is -0.507 e. The van der Waals surface area contributed by atoms with E-state index in [1.165, 1.54) is 18.2 Å². The van der Waals surface area contributed by atoms with Crippen LogP contribution in [0.15, 0.2) is 36.5 Å². The van der Waals surface area contributed by atoms with Crippen molar-refractivity contribution < 1.29 is 19.8 Å². The van der Waals surface area contributed by atoms with Crippen LogP contribution < -0.4 is 5.32 Å². The number of carbonyl (C=O) groups excluding carboxylic acids is 1. The standard InChI is InChI=1S/C12H10N2O4/c15-10-6-7(3-4-8(10)12(17)18)14-11(16)9-2-1-5-13-9/h1-6,13,15H,(H,14,16)(H,17,18). The van der Waals surface area contributed by atoms with Crippen molar-refractivity contribution in [1.82, 2.24) is 4.98 Å². The third-order valence-electron chi connectivity index (χ3n) is 2.33. The number of hydrogen-bond donors (Lipinski definition) is 4. The summed E-state index contributed by atoms with van der Waals surface area (Å²) in [5.41, 5.74) is 0.474. The summed E-state index contributed by atoms with van der Waals surface area (Å²) < 4.78 is 0. The normalized spacial score (nSPS) is 10.0. The monoisotopic (exact) mass is 246 g/mol. The van der Waals surface area contributed by atoms with Gasteiger partial charge in [0.2, 0.25) is 0 Å². The first-order chi connectivity index (χ1) is 8.58. The van der Waals surface area contributed by atoms with E-state index in [-0.39, 0.29) is 11.5 Å². The number of aromatic carboxylic acids is 1. The van der Waals surface area contributed by atoms with Crippen LogP contribution in [0.5, 0.6) is 5.75 Å². The quantitative estimate of drug-likeness (QED) is 0.661. The number of carboxylic acids is 1. The van der Waals surface area contributed by atoms with E-state index in [0.717, 1.165) is 0 Å². The van der Waals surface area contributed by atoms with E-state index >= 15 is 0 Å². The summed E-state index contributed by atoms with van der Waals surface area (Å²) in [6, 6.07) is 7.09. The Kier molecular flexibility index (Phi) is 3.01. The zero-order valence-corrected chi connectivity index (χ0v) is 9.18. The molecular weight excluding hydrogens is 236 g/mol. The number of benzene rings is 1. The van der Waals surface area contributed by atoms with Gasteiger partial charge in [0.15, 0.2) is 0 Å². The Labute approximate surface area is 102 Å². The number of carbonyl (C=O) groups is 2. The molecule has 0 fully saturated rings. The fourth-order valence-corrected chi connectivity index (χ4v) is 1.46. The van der Waals surface area contributed by atoms with Crippen LogP contribution in [0.3, 0.4) is 0 Å².